The molecule has 0 aliphatic rings. The van der Waals surface area contributed by atoms with Gasteiger partial charge in [0.05, 0.1) is 10.9 Å². The maximum absolute atomic E-state index is 11.5. The molecule has 25 heavy (non-hydrogen) atoms. The number of benzene rings is 2. The zero-order chi connectivity index (χ0) is 18.0. The Labute approximate surface area is 155 Å². The van der Waals surface area contributed by atoms with Crippen LogP contribution in [0.15, 0.2) is 53.7 Å². The van der Waals surface area contributed by atoms with Gasteiger partial charge in [0.15, 0.2) is 11.0 Å². The van der Waals surface area contributed by atoms with Crippen molar-refractivity contribution in [1.82, 2.24) is 14.8 Å². The van der Waals surface area contributed by atoms with Crippen molar-refractivity contribution in [2.24, 2.45) is 5.73 Å². The van der Waals surface area contributed by atoms with Gasteiger partial charge in [-0.1, -0.05) is 41.6 Å². The molecule has 3 aromatic rings. The van der Waals surface area contributed by atoms with Crippen LogP contribution in [0.1, 0.15) is 12.5 Å². The lowest BCUT2D eigenvalue weighted by atomic mass is 10.1. The molecular weight excluding hydrogens is 356 g/mol. The van der Waals surface area contributed by atoms with Crippen LogP contribution in [0, 0.1) is 6.92 Å². The van der Waals surface area contributed by atoms with Crippen molar-refractivity contribution in [2.45, 2.75) is 24.3 Å². The second kappa shape index (κ2) is 7.29. The summed E-state index contributed by atoms with van der Waals surface area (Å²) in [5.74, 6) is 0.294. The summed E-state index contributed by atoms with van der Waals surface area (Å²) in [5, 5.41) is 9.49. The highest BCUT2D eigenvalue weighted by Crippen LogP contribution is 2.31. The third-order valence-electron chi connectivity index (χ3n) is 3.77. The summed E-state index contributed by atoms with van der Waals surface area (Å²) in [5.41, 5.74) is 8.32. The molecule has 1 atom stereocenters. The maximum atomic E-state index is 11.5. The van der Waals surface area contributed by atoms with Crippen LogP contribution < -0.4 is 5.73 Å². The zero-order valence-electron chi connectivity index (χ0n) is 13.8. The van der Waals surface area contributed by atoms with Crippen LogP contribution in [-0.2, 0) is 4.79 Å². The number of carbonyl (C=O) groups excluding carboxylic acids is 1. The Morgan fingerprint density at radius 1 is 1.16 bits per heavy atom. The van der Waals surface area contributed by atoms with E-state index in [1.807, 2.05) is 60.0 Å². The highest BCUT2D eigenvalue weighted by Gasteiger charge is 2.21. The summed E-state index contributed by atoms with van der Waals surface area (Å²) in [6, 6.07) is 15.4. The number of halogens is 1. The van der Waals surface area contributed by atoms with E-state index in [9.17, 15) is 4.79 Å². The monoisotopic (exact) mass is 372 g/mol. The van der Waals surface area contributed by atoms with Gasteiger partial charge in [-0.15, -0.1) is 10.2 Å². The minimum Gasteiger partial charge on any atom is -0.369 e. The minimum atomic E-state index is -0.412. The number of amides is 1. The molecule has 128 valence electrons. The van der Waals surface area contributed by atoms with Gasteiger partial charge in [-0.25, -0.2) is 0 Å². The number of hydrogen-bond acceptors (Lipinski definition) is 4. The van der Waals surface area contributed by atoms with Gasteiger partial charge in [0.25, 0.3) is 0 Å². The number of aryl methyl sites for hydroxylation is 1. The van der Waals surface area contributed by atoms with Gasteiger partial charge in [0, 0.05) is 10.6 Å². The molecule has 5 nitrogen and oxygen atoms in total. The summed E-state index contributed by atoms with van der Waals surface area (Å²) in [7, 11) is 0. The van der Waals surface area contributed by atoms with Crippen LogP contribution in [0.5, 0.6) is 0 Å². The number of nitrogens with zero attached hydrogens (tertiary/aromatic N) is 3. The molecule has 0 radical (unpaired) electrons. The molecule has 0 saturated carbocycles. The van der Waals surface area contributed by atoms with Crippen molar-refractivity contribution in [2.75, 3.05) is 0 Å². The first-order chi connectivity index (χ1) is 12.0. The van der Waals surface area contributed by atoms with Crippen LogP contribution in [0.2, 0.25) is 5.02 Å². The molecule has 0 bridgehead atoms. The van der Waals surface area contributed by atoms with Crippen molar-refractivity contribution >= 4 is 29.3 Å². The Kier molecular flexibility index (Phi) is 5.11. The van der Waals surface area contributed by atoms with Crippen LogP contribution in [-0.4, -0.2) is 25.9 Å². The minimum absolute atomic E-state index is 0.391. The summed E-state index contributed by atoms with van der Waals surface area (Å²) >= 11 is 7.28. The highest BCUT2D eigenvalue weighted by molar-refractivity contribution is 8.00. The van der Waals surface area contributed by atoms with Gasteiger partial charge < -0.3 is 5.73 Å². The Bertz CT molecular complexity index is 908. The van der Waals surface area contributed by atoms with E-state index in [2.05, 4.69) is 10.2 Å². The van der Waals surface area contributed by atoms with Gasteiger partial charge in [-0.2, -0.15) is 0 Å². The number of rotatable bonds is 5. The van der Waals surface area contributed by atoms with Crippen LogP contribution in [0.3, 0.4) is 0 Å². The Balaban J connectivity index is 2.16. The van der Waals surface area contributed by atoms with Crippen LogP contribution in [0.4, 0.5) is 0 Å². The number of hydrogen-bond donors (Lipinski definition) is 1. The molecule has 0 fully saturated rings. The average Bonchev–Trinajstić information content (AvgIpc) is 2.99. The normalized spacial score (nSPS) is 12.1. The maximum Gasteiger partial charge on any atom is 0.230 e. The number of nitrogens with two attached hydrogens (primary N) is 1. The standard InChI is InChI=1S/C18H17ClN4OS/c1-11-5-3-4-6-15(11)23-17(13-7-9-14(19)10-8-13)21-22-18(23)25-12(2)16(20)24/h3-10,12H,1-2H3,(H2,20,24)/t12-/m1/s1. The van der Waals surface area contributed by atoms with Crippen molar-refractivity contribution in [3.8, 4) is 17.1 Å². The molecule has 3 rings (SSSR count). The molecule has 0 aliphatic carbocycles. The number of carbonyl (C=O) groups is 1. The van der Waals surface area contributed by atoms with E-state index in [0.29, 0.717) is 16.0 Å². The van der Waals surface area contributed by atoms with Crippen LogP contribution in [0.25, 0.3) is 17.1 Å². The highest BCUT2D eigenvalue weighted by atomic mass is 35.5. The molecule has 1 aromatic heterocycles. The summed E-state index contributed by atoms with van der Waals surface area (Å²) in [6.45, 7) is 3.78. The van der Waals surface area contributed by atoms with E-state index in [4.69, 9.17) is 17.3 Å². The van der Waals surface area contributed by atoms with E-state index in [-0.39, 0.29) is 0 Å². The third kappa shape index (κ3) is 3.70. The van der Waals surface area contributed by atoms with Crippen molar-refractivity contribution in [1.29, 1.82) is 0 Å². The molecule has 0 aliphatic heterocycles. The fourth-order valence-corrected chi connectivity index (χ4v) is 3.32. The van der Waals surface area contributed by atoms with Crippen molar-refractivity contribution in [3.05, 3.63) is 59.1 Å². The molecule has 0 spiro atoms. The number of primary amides is 1. The van der Waals surface area contributed by atoms with Crippen LogP contribution >= 0.6 is 23.4 Å². The third-order valence-corrected chi connectivity index (χ3v) is 5.09. The summed E-state index contributed by atoms with van der Waals surface area (Å²) in [4.78, 5) is 11.5. The Hall–Kier alpha value is -2.31. The van der Waals surface area contributed by atoms with Crippen molar-refractivity contribution < 1.29 is 4.79 Å². The molecule has 2 aromatic carbocycles. The lowest BCUT2D eigenvalue weighted by Crippen LogP contribution is -2.23. The summed E-state index contributed by atoms with van der Waals surface area (Å²) in [6.07, 6.45) is 0. The van der Waals surface area contributed by atoms with Gasteiger partial charge in [0.2, 0.25) is 5.91 Å². The second-order valence-corrected chi connectivity index (χ2v) is 7.34. The van der Waals surface area contributed by atoms with E-state index in [1.54, 1.807) is 6.92 Å². The zero-order valence-corrected chi connectivity index (χ0v) is 15.4. The molecule has 0 unspecified atom stereocenters. The van der Waals surface area contributed by atoms with E-state index in [0.717, 1.165) is 16.8 Å². The first-order valence-electron chi connectivity index (χ1n) is 7.70. The second-order valence-electron chi connectivity index (χ2n) is 5.60. The van der Waals surface area contributed by atoms with Gasteiger partial charge in [-0.3, -0.25) is 9.36 Å². The number of aromatic nitrogens is 3. The first kappa shape index (κ1) is 17.5. The van der Waals surface area contributed by atoms with Gasteiger partial charge in [-0.05, 0) is 49.7 Å². The SMILES string of the molecule is Cc1ccccc1-n1c(S[C@H](C)C(N)=O)nnc1-c1ccc(Cl)cc1. The molecule has 1 heterocycles. The Morgan fingerprint density at radius 3 is 2.48 bits per heavy atom. The quantitative estimate of drug-likeness (QED) is 0.690. The topological polar surface area (TPSA) is 73.8 Å². The predicted octanol–water partition coefficient (Wildman–Crippen LogP) is 3.86. The van der Waals surface area contributed by atoms with E-state index in [1.165, 1.54) is 11.8 Å². The number of thioether (sulfide) groups is 1. The Morgan fingerprint density at radius 2 is 1.84 bits per heavy atom. The molecule has 7 heteroatoms. The van der Waals surface area contributed by atoms with Gasteiger partial charge in [0.1, 0.15) is 0 Å². The molecule has 2 N–H and O–H groups in total. The van der Waals surface area contributed by atoms with Gasteiger partial charge >= 0.3 is 0 Å². The lowest BCUT2D eigenvalue weighted by Gasteiger charge is -2.14. The molecule has 1 amide bonds. The van der Waals surface area contributed by atoms with E-state index < -0.39 is 11.2 Å². The van der Waals surface area contributed by atoms with E-state index >= 15 is 0 Å². The predicted molar refractivity (Wildman–Crippen MR) is 101 cm³/mol. The number of para-hydroxylation sites is 1. The fourth-order valence-electron chi connectivity index (χ4n) is 2.38. The molecular formula is C18H17ClN4OS. The molecule has 0 saturated heterocycles. The largest absolute Gasteiger partial charge is 0.369 e. The summed E-state index contributed by atoms with van der Waals surface area (Å²) < 4.78 is 1.95. The lowest BCUT2D eigenvalue weighted by molar-refractivity contribution is -0.117. The smallest absolute Gasteiger partial charge is 0.230 e. The first-order valence-corrected chi connectivity index (χ1v) is 8.96. The van der Waals surface area contributed by atoms with Crippen molar-refractivity contribution in [3.63, 3.8) is 0 Å². The fraction of sp³-hybridized carbons (Fsp3) is 0.167. The average molecular weight is 373 g/mol.